The van der Waals surface area contributed by atoms with Crippen LogP contribution in [-0.4, -0.2) is 31.4 Å². The van der Waals surface area contributed by atoms with Crippen LogP contribution in [-0.2, 0) is 16.3 Å². The van der Waals surface area contributed by atoms with E-state index in [0.29, 0.717) is 24.2 Å². The molecule has 0 fully saturated rings. The molecule has 0 aliphatic carbocycles. The van der Waals surface area contributed by atoms with Gasteiger partial charge in [0.2, 0.25) is 0 Å². The van der Waals surface area contributed by atoms with Gasteiger partial charge in [-0.25, -0.2) is 8.42 Å². The van der Waals surface area contributed by atoms with E-state index >= 15 is 0 Å². The Morgan fingerprint density at radius 1 is 1.10 bits per heavy atom. The van der Waals surface area contributed by atoms with Crippen molar-refractivity contribution in [3.8, 4) is 0 Å². The number of sulfone groups is 1. The maximum absolute atomic E-state index is 11.9. The second-order valence-corrected chi connectivity index (χ2v) is 7.63. The maximum Gasteiger partial charge on any atom is 0.178 e. The highest BCUT2D eigenvalue weighted by Gasteiger charge is 2.15. The molecule has 0 bridgehead atoms. The zero-order chi connectivity index (χ0) is 15.9. The van der Waals surface area contributed by atoms with Gasteiger partial charge in [-0.3, -0.25) is 0 Å². The number of benzene rings is 1. The van der Waals surface area contributed by atoms with Crippen LogP contribution in [0, 0.1) is 0 Å². The molecule has 21 heavy (non-hydrogen) atoms. The van der Waals surface area contributed by atoms with Crippen molar-refractivity contribution in [1.82, 2.24) is 0 Å². The predicted octanol–water partition coefficient (Wildman–Crippen LogP) is 2.29. The van der Waals surface area contributed by atoms with Gasteiger partial charge in [0, 0.05) is 6.04 Å². The number of aryl methyl sites for hydroxylation is 1. The summed E-state index contributed by atoms with van der Waals surface area (Å²) in [5, 5.41) is 9.94. The van der Waals surface area contributed by atoms with E-state index in [2.05, 4.69) is 0 Å². The maximum atomic E-state index is 11.9. The average molecular weight is 313 g/mol. The second kappa shape index (κ2) is 8.51. The Hall–Kier alpha value is -0.910. The van der Waals surface area contributed by atoms with Crippen LogP contribution in [0.15, 0.2) is 29.2 Å². The van der Waals surface area contributed by atoms with Crippen molar-refractivity contribution >= 4 is 9.84 Å². The lowest BCUT2D eigenvalue weighted by molar-refractivity contribution is 0.131. The molecule has 0 heterocycles. The van der Waals surface area contributed by atoms with Gasteiger partial charge in [0.15, 0.2) is 9.84 Å². The van der Waals surface area contributed by atoms with Crippen LogP contribution < -0.4 is 5.73 Å². The van der Waals surface area contributed by atoms with E-state index < -0.39 is 15.9 Å². The quantitative estimate of drug-likeness (QED) is 0.733. The summed E-state index contributed by atoms with van der Waals surface area (Å²) < 4.78 is 23.8. The summed E-state index contributed by atoms with van der Waals surface area (Å²) in [4.78, 5) is 0.372. The van der Waals surface area contributed by atoms with E-state index in [1.165, 1.54) is 0 Å². The third-order valence-electron chi connectivity index (χ3n) is 3.60. The molecule has 0 aliphatic heterocycles. The van der Waals surface area contributed by atoms with Gasteiger partial charge in [0.25, 0.3) is 0 Å². The molecule has 0 aliphatic rings. The van der Waals surface area contributed by atoms with Crippen LogP contribution in [0.4, 0.5) is 0 Å². The number of hydrogen-bond acceptors (Lipinski definition) is 4. The molecule has 0 saturated heterocycles. The molecule has 5 heteroatoms. The minimum atomic E-state index is -3.15. The van der Waals surface area contributed by atoms with E-state index in [1.54, 1.807) is 12.1 Å². The Morgan fingerprint density at radius 3 is 2.24 bits per heavy atom. The van der Waals surface area contributed by atoms with Gasteiger partial charge in [-0.1, -0.05) is 32.4 Å². The molecule has 0 amide bonds. The van der Waals surface area contributed by atoms with Gasteiger partial charge >= 0.3 is 0 Å². The Kier molecular flexibility index (Phi) is 7.35. The fourth-order valence-electron chi connectivity index (χ4n) is 2.30. The lowest BCUT2D eigenvalue weighted by Gasteiger charge is -2.18. The highest BCUT2D eigenvalue weighted by molar-refractivity contribution is 7.91. The molecule has 0 spiro atoms. The molecule has 0 saturated carbocycles. The highest BCUT2D eigenvalue weighted by atomic mass is 32.2. The van der Waals surface area contributed by atoms with Crippen molar-refractivity contribution in [2.45, 2.75) is 63.0 Å². The number of rotatable bonds is 9. The van der Waals surface area contributed by atoms with Crippen molar-refractivity contribution in [3.63, 3.8) is 0 Å². The monoisotopic (exact) mass is 313 g/mol. The topological polar surface area (TPSA) is 80.4 Å². The first-order valence-corrected chi connectivity index (χ1v) is 9.31. The Bertz CT molecular complexity index is 511. The van der Waals surface area contributed by atoms with Gasteiger partial charge < -0.3 is 10.8 Å². The van der Waals surface area contributed by atoms with Crippen LogP contribution in [0.5, 0.6) is 0 Å². The normalized spacial score (nSPS) is 14.9. The molecular formula is C16H27NO3S. The van der Waals surface area contributed by atoms with Crippen molar-refractivity contribution < 1.29 is 13.5 Å². The minimum absolute atomic E-state index is 0.178. The Labute approximate surface area is 128 Å². The van der Waals surface area contributed by atoms with E-state index in [1.807, 2.05) is 26.0 Å². The van der Waals surface area contributed by atoms with Crippen LogP contribution in [0.2, 0.25) is 0 Å². The third kappa shape index (κ3) is 5.77. The largest absolute Gasteiger partial charge is 0.392 e. The number of aliphatic hydroxyl groups is 1. The SMILES string of the molecule is CCCC(N)C(O)CCc1ccc(S(=O)(=O)CCC)cc1. The number of aliphatic hydroxyl groups excluding tert-OH is 1. The Balaban J connectivity index is 2.59. The number of nitrogens with two attached hydrogens (primary N) is 1. The first-order valence-electron chi connectivity index (χ1n) is 7.66. The molecule has 120 valence electrons. The Morgan fingerprint density at radius 2 is 1.71 bits per heavy atom. The molecule has 2 atom stereocenters. The zero-order valence-corrected chi connectivity index (χ0v) is 13.8. The van der Waals surface area contributed by atoms with Crippen LogP contribution in [0.1, 0.15) is 45.1 Å². The lowest BCUT2D eigenvalue weighted by atomic mass is 10.00. The molecule has 0 radical (unpaired) electrons. The van der Waals surface area contributed by atoms with Crippen LogP contribution in [0.25, 0.3) is 0 Å². The molecule has 2 unspecified atom stereocenters. The van der Waals surface area contributed by atoms with E-state index in [0.717, 1.165) is 18.4 Å². The van der Waals surface area contributed by atoms with E-state index in [9.17, 15) is 13.5 Å². The van der Waals surface area contributed by atoms with E-state index in [4.69, 9.17) is 5.73 Å². The van der Waals surface area contributed by atoms with Crippen molar-refractivity contribution in [2.24, 2.45) is 5.73 Å². The standard InChI is InChI=1S/C16H27NO3S/c1-3-5-15(17)16(18)11-8-13-6-9-14(10-7-13)21(19,20)12-4-2/h6-7,9-10,15-16,18H,3-5,8,11-12,17H2,1-2H3. The average Bonchev–Trinajstić information content (AvgIpc) is 2.45. The first-order chi connectivity index (χ1) is 9.90. The summed E-state index contributed by atoms with van der Waals surface area (Å²) in [5.41, 5.74) is 6.90. The summed E-state index contributed by atoms with van der Waals surface area (Å²) in [6, 6.07) is 6.76. The molecule has 3 N–H and O–H groups in total. The molecule has 1 aromatic rings. The second-order valence-electron chi connectivity index (χ2n) is 5.52. The highest BCUT2D eigenvalue weighted by Crippen LogP contribution is 2.15. The number of hydrogen-bond donors (Lipinski definition) is 2. The molecule has 0 aromatic heterocycles. The van der Waals surface area contributed by atoms with Gasteiger partial charge in [-0.05, 0) is 43.4 Å². The molecule has 1 rings (SSSR count). The first kappa shape index (κ1) is 18.1. The summed E-state index contributed by atoms with van der Waals surface area (Å²) in [5.74, 6) is 0.178. The summed E-state index contributed by atoms with van der Waals surface area (Å²) in [6.07, 6.45) is 3.19. The summed E-state index contributed by atoms with van der Waals surface area (Å²) in [6.45, 7) is 3.90. The van der Waals surface area contributed by atoms with Gasteiger partial charge in [0.05, 0.1) is 16.8 Å². The predicted molar refractivity (Wildman–Crippen MR) is 86.0 cm³/mol. The van der Waals surface area contributed by atoms with Gasteiger partial charge in [-0.2, -0.15) is 0 Å². The van der Waals surface area contributed by atoms with Crippen LogP contribution >= 0.6 is 0 Å². The fraction of sp³-hybridized carbons (Fsp3) is 0.625. The van der Waals surface area contributed by atoms with Crippen molar-refractivity contribution in [3.05, 3.63) is 29.8 Å². The van der Waals surface area contributed by atoms with Crippen molar-refractivity contribution in [1.29, 1.82) is 0 Å². The molecular weight excluding hydrogens is 286 g/mol. The molecule has 1 aromatic carbocycles. The summed E-state index contributed by atoms with van der Waals surface area (Å²) in [7, 11) is -3.15. The molecule has 4 nitrogen and oxygen atoms in total. The van der Waals surface area contributed by atoms with Crippen LogP contribution in [0.3, 0.4) is 0 Å². The minimum Gasteiger partial charge on any atom is -0.392 e. The zero-order valence-electron chi connectivity index (χ0n) is 13.0. The lowest BCUT2D eigenvalue weighted by Crippen LogP contribution is -2.34. The third-order valence-corrected chi connectivity index (χ3v) is 5.54. The van der Waals surface area contributed by atoms with Crippen molar-refractivity contribution in [2.75, 3.05) is 5.75 Å². The van der Waals surface area contributed by atoms with E-state index in [-0.39, 0.29) is 11.8 Å². The fourth-order valence-corrected chi connectivity index (χ4v) is 3.63. The smallest absolute Gasteiger partial charge is 0.178 e. The van der Waals surface area contributed by atoms with Gasteiger partial charge in [0.1, 0.15) is 0 Å². The van der Waals surface area contributed by atoms with Gasteiger partial charge in [-0.15, -0.1) is 0 Å². The summed E-state index contributed by atoms with van der Waals surface area (Å²) >= 11 is 0.